The Hall–Kier alpha value is -1.93. The fraction of sp³-hybridized carbons (Fsp3) is 0.865. The van der Waals surface area contributed by atoms with Gasteiger partial charge in [-0.2, -0.15) is 0 Å². The van der Waals surface area contributed by atoms with Crippen LogP contribution in [0.1, 0.15) is 120 Å². The predicted molar refractivity (Wildman–Crippen MR) is 172 cm³/mol. The van der Waals surface area contributed by atoms with Crippen LogP contribution in [-0.4, -0.2) is 59.0 Å². The molecule has 0 radical (unpaired) electrons. The molecule has 0 spiro atoms. The van der Waals surface area contributed by atoms with E-state index in [4.69, 9.17) is 9.47 Å². The lowest BCUT2D eigenvalue weighted by atomic mass is 9.33. The summed E-state index contributed by atoms with van der Waals surface area (Å²) in [6, 6.07) is -0.342. The first kappa shape index (κ1) is 34.4. The highest BCUT2D eigenvalue weighted by atomic mass is 16.6. The summed E-state index contributed by atoms with van der Waals surface area (Å²) in [6.45, 7) is 18.4. The number of fused-ring (bicyclic) bond motifs is 7. The SMILES string of the molecule is CC(=O)OC[C@@]1(C)[C@@H]2CC[C@]3(C)[C@H](CC=C4[C@H]5[C@](C(=O)NC(C)CO)(CC[C@@H](C)[C@@]5(C)O)CC[C@]43C)[C@@]2(C)CC[C@@H]1OC(C)=O. The summed E-state index contributed by atoms with van der Waals surface area (Å²) in [6.07, 6.45) is 9.62. The molecular weight excluding hydrogens is 570 g/mol. The minimum absolute atomic E-state index is 0.0304. The Morgan fingerprint density at radius 3 is 2.27 bits per heavy atom. The van der Waals surface area contributed by atoms with Crippen LogP contribution in [-0.2, 0) is 23.9 Å². The van der Waals surface area contributed by atoms with Crippen LogP contribution in [0.2, 0.25) is 0 Å². The van der Waals surface area contributed by atoms with Gasteiger partial charge in [-0.05, 0) is 106 Å². The molecule has 3 N–H and O–H groups in total. The number of nitrogens with one attached hydrogen (secondary N) is 1. The van der Waals surface area contributed by atoms with Gasteiger partial charge in [0.15, 0.2) is 0 Å². The second-order valence-corrected chi connectivity index (χ2v) is 17.0. The van der Waals surface area contributed by atoms with E-state index in [2.05, 4.69) is 46.0 Å². The van der Waals surface area contributed by atoms with Crippen LogP contribution < -0.4 is 5.32 Å². The number of rotatable bonds is 6. The molecule has 8 heteroatoms. The molecule has 254 valence electrons. The summed E-state index contributed by atoms with van der Waals surface area (Å²) in [5, 5.41) is 25.2. The number of amides is 1. The van der Waals surface area contributed by atoms with Gasteiger partial charge in [-0.3, -0.25) is 14.4 Å². The second-order valence-electron chi connectivity index (χ2n) is 17.0. The molecule has 1 unspecified atom stereocenters. The van der Waals surface area contributed by atoms with E-state index >= 15 is 0 Å². The van der Waals surface area contributed by atoms with E-state index in [1.807, 2.05) is 13.8 Å². The van der Waals surface area contributed by atoms with E-state index in [-0.39, 0.29) is 77.2 Å². The number of carbonyl (C=O) groups is 3. The summed E-state index contributed by atoms with van der Waals surface area (Å²) >= 11 is 0. The van der Waals surface area contributed by atoms with Crippen LogP contribution in [0.3, 0.4) is 0 Å². The van der Waals surface area contributed by atoms with Gasteiger partial charge in [0, 0.05) is 31.2 Å². The number of hydrogen-bond donors (Lipinski definition) is 3. The van der Waals surface area contributed by atoms with Crippen LogP contribution in [0.15, 0.2) is 11.6 Å². The van der Waals surface area contributed by atoms with Gasteiger partial charge < -0.3 is 25.0 Å². The topological polar surface area (TPSA) is 122 Å². The first-order valence-corrected chi connectivity index (χ1v) is 17.5. The highest BCUT2D eigenvalue weighted by Crippen LogP contribution is 2.76. The molecule has 12 atom stereocenters. The van der Waals surface area contributed by atoms with Gasteiger partial charge in [0.25, 0.3) is 0 Å². The third-order valence-electron chi connectivity index (χ3n) is 14.8. The Morgan fingerprint density at radius 2 is 1.64 bits per heavy atom. The number of hydrogen-bond acceptors (Lipinski definition) is 7. The maximum absolute atomic E-state index is 14.2. The van der Waals surface area contributed by atoms with Gasteiger partial charge >= 0.3 is 11.9 Å². The molecule has 0 aromatic rings. The highest BCUT2D eigenvalue weighted by molar-refractivity contribution is 5.84. The Balaban J connectivity index is 1.58. The van der Waals surface area contributed by atoms with E-state index in [9.17, 15) is 24.6 Å². The lowest BCUT2D eigenvalue weighted by molar-refractivity contribution is -0.230. The smallest absolute Gasteiger partial charge is 0.302 e. The molecule has 0 heterocycles. The first-order valence-electron chi connectivity index (χ1n) is 17.5. The molecule has 45 heavy (non-hydrogen) atoms. The largest absolute Gasteiger partial charge is 0.465 e. The number of aliphatic hydroxyl groups excluding tert-OH is 1. The zero-order valence-corrected chi connectivity index (χ0v) is 29.3. The van der Waals surface area contributed by atoms with Crippen molar-refractivity contribution in [3.05, 3.63) is 11.6 Å². The van der Waals surface area contributed by atoms with E-state index in [0.717, 1.165) is 51.4 Å². The normalized spacial score (nSPS) is 47.9. The van der Waals surface area contributed by atoms with Gasteiger partial charge in [0.05, 0.1) is 17.6 Å². The maximum Gasteiger partial charge on any atom is 0.302 e. The zero-order valence-electron chi connectivity index (χ0n) is 29.3. The number of esters is 2. The third-order valence-corrected chi connectivity index (χ3v) is 14.8. The van der Waals surface area contributed by atoms with Gasteiger partial charge in [-0.25, -0.2) is 0 Å². The molecule has 5 aliphatic rings. The van der Waals surface area contributed by atoms with Gasteiger partial charge in [-0.1, -0.05) is 46.3 Å². The summed E-state index contributed by atoms with van der Waals surface area (Å²) in [7, 11) is 0. The fourth-order valence-electron chi connectivity index (χ4n) is 11.9. The van der Waals surface area contributed by atoms with E-state index < -0.39 is 16.4 Å². The Bertz CT molecular complexity index is 1240. The van der Waals surface area contributed by atoms with Crippen molar-refractivity contribution in [3.8, 4) is 0 Å². The minimum atomic E-state index is -1.04. The third kappa shape index (κ3) is 4.93. The van der Waals surface area contributed by atoms with Crippen LogP contribution in [0.25, 0.3) is 0 Å². The Morgan fingerprint density at radius 1 is 0.956 bits per heavy atom. The summed E-state index contributed by atoms with van der Waals surface area (Å²) in [5.41, 5.74) is -1.34. The zero-order chi connectivity index (χ0) is 33.4. The molecule has 4 fully saturated rings. The van der Waals surface area contributed by atoms with E-state index in [1.54, 1.807) is 0 Å². The van der Waals surface area contributed by atoms with Crippen molar-refractivity contribution in [1.29, 1.82) is 0 Å². The Labute approximate surface area is 270 Å². The van der Waals surface area contributed by atoms with Crippen molar-refractivity contribution >= 4 is 17.8 Å². The lowest BCUT2D eigenvalue weighted by Crippen LogP contribution is -2.69. The average molecular weight is 630 g/mol. The van der Waals surface area contributed by atoms with Crippen LogP contribution in [0.5, 0.6) is 0 Å². The highest BCUT2D eigenvalue weighted by Gasteiger charge is 2.71. The molecule has 5 aliphatic carbocycles. The molecule has 0 aliphatic heterocycles. The van der Waals surface area contributed by atoms with Crippen LogP contribution in [0.4, 0.5) is 0 Å². The van der Waals surface area contributed by atoms with Crippen molar-refractivity contribution in [1.82, 2.24) is 5.32 Å². The molecule has 0 aromatic carbocycles. The summed E-state index contributed by atoms with van der Waals surface area (Å²) in [5.74, 6) is -0.347. The maximum atomic E-state index is 14.2. The van der Waals surface area contributed by atoms with Crippen molar-refractivity contribution in [2.45, 2.75) is 138 Å². The lowest BCUT2D eigenvalue weighted by Gasteiger charge is -2.72. The monoisotopic (exact) mass is 629 g/mol. The molecule has 8 nitrogen and oxygen atoms in total. The number of aliphatic hydroxyl groups is 2. The fourth-order valence-corrected chi connectivity index (χ4v) is 11.9. The Kier molecular flexibility index (Phi) is 8.68. The minimum Gasteiger partial charge on any atom is -0.465 e. The van der Waals surface area contributed by atoms with Gasteiger partial charge in [0.1, 0.15) is 12.7 Å². The molecule has 0 aromatic heterocycles. The molecule has 4 saturated carbocycles. The van der Waals surface area contributed by atoms with Crippen molar-refractivity contribution in [2.24, 2.45) is 50.7 Å². The van der Waals surface area contributed by atoms with Crippen LogP contribution in [0, 0.1) is 50.7 Å². The standard InChI is InChI=1S/C37H59NO7/c1-22-12-17-37(31(42)38-23(2)20-39)19-18-34(7)26(30(37)36(22,9)43)10-11-28-32(5)15-14-29(45-25(4)41)33(6,21-44-24(3)40)27(32)13-16-35(28,34)8/h10,22-23,27-30,39,43H,11-21H2,1-9H3,(H,38,42)/t22-,23?,27-,28-,29+,30-,32+,33+,34-,35-,36-,37+/m1/s1. The van der Waals surface area contributed by atoms with E-state index in [0.29, 0.717) is 12.3 Å². The number of carbonyl (C=O) groups excluding carboxylic acids is 3. The van der Waals surface area contributed by atoms with Crippen molar-refractivity contribution in [2.75, 3.05) is 13.2 Å². The second kappa shape index (κ2) is 11.4. The van der Waals surface area contributed by atoms with E-state index in [1.165, 1.54) is 19.4 Å². The molecule has 5 rings (SSSR count). The van der Waals surface area contributed by atoms with Gasteiger partial charge in [0.2, 0.25) is 5.91 Å². The van der Waals surface area contributed by atoms with Crippen molar-refractivity contribution in [3.63, 3.8) is 0 Å². The van der Waals surface area contributed by atoms with Crippen LogP contribution >= 0.6 is 0 Å². The average Bonchev–Trinajstić information content (AvgIpc) is 2.95. The molecule has 0 bridgehead atoms. The quantitative estimate of drug-likeness (QED) is 0.253. The molecule has 1 amide bonds. The predicted octanol–water partition coefficient (Wildman–Crippen LogP) is 5.73. The first-order chi connectivity index (χ1) is 20.8. The van der Waals surface area contributed by atoms with Gasteiger partial charge in [-0.15, -0.1) is 0 Å². The molecular formula is C37H59NO7. The molecule has 0 saturated heterocycles. The number of ether oxygens (including phenoxy) is 2. The van der Waals surface area contributed by atoms with Crippen molar-refractivity contribution < 1.29 is 34.1 Å². The summed E-state index contributed by atoms with van der Waals surface area (Å²) in [4.78, 5) is 38.4. The number of allylic oxidation sites excluding steroid dienone is 1. The summed E-state index contributed by atoms with van der Waals surface area (Å²) < 4.78 is 11.6.